The van der Waals surface area contributed by atoms with Gasteiger partial charge >= 0.3 is 0 Å². The normalized spacial score (nSPS) is 15.8. The van der Waals surface area contributed by atoms with Gasteiger partial charge in [-0.25, -0.2) is 0 Å². The number of aliphatic hydroxyl groups excluding tert-OH is 1. The molecule has 1 heterocycles. The molecule has 1 aromatic carbocycles. The first-order chi connectivity index (χ1) is 10.1. The predicted molar refractivity (Wildman–Crippen MR) is 78.1 cm³/mol. The summed E-state index contributed by atoms with van der Waals surface area (Å²) >= 11 is 5.86. The van der Waals surface area contributed by atoms with Gasteiger partial charge in [-0.05, 0) is 31.9 Å². The van der Waals surface area contributed by atoms with Crippen LogP contribution in [0.25, 0.3) is 11.3 Å². The maximum atomic E-state index is 12.1. The predicted octanol–water partition coefficient (Wildman–Crippen LogP) is 2.94. The molecule has 5 nitrogen and oxygen atoms in total. The number of aliphatic hydroxyl groups is 1. The topological polar surface area (TPSA) is 75.4 Å². The van der Waals surface area contributed by atoms with E-state index in [1.54, 1.807) is 31.2 Å². The SMILES string of the molecule is C[C@H](O)c1c(-c2ccc(Cl)cc2)noc1C(=O)NC1CC1. The minimum Gasteiger partial charge on any atom is -0.388 e. The number of amides is 1. The highest BCUT2D eigenvalue weighted by atomic mass is 35.5. The zero-order valence-electron chi connectivity index (χ0n) is 11.5. The molecule has 21 heavy (non-hydrogen) atoms. The second kappa shape index (κ2) is 5.50. The van der Waals surface area contributed by atoms with Crippen LogP contribution in [0, 0.1) is 0 Å². The van der Waals surface area contributed by atoms with Gasteiger partial charge in [-0.2, -0.15) is 0 Å². The molecule has 2 aromatic rings. The Bertz CT molecular complexity index is 660. The average Bonchev–Trinajstić information content (AvgIpc) is 3.14. The molecule has 2 N–H and O–H groups in total. The Balaban J connectivity index is 1.98. The van der Waals surface area contributed by atoms with Crippen molar-refractivity contribution in [1.82, 2.24) is 10.5 Å². The van der Waals surface area contributed by atoms with Crippen LogP contribution < -0.4 is 5.32 Å². The maximum absolute atomic E-state index is 12.1. The maximum Gasteiger partial charge on any atom is 0.290 e. The van der Waals surface area contributed by atoms with Crippen LogP contribution in [0.5, 0.6) is 0 Å². The standard InChI is InChI=1S/C15H15ClN2O3/c1-8(19)12-13(9-2-4-10(16)5-3-9)18-21-14(12)15(20)17-11-6-7-11/h2-5,8,11,19H,6-7H2,1H3,(H,17,20)/t8-/m0/s1. The van der Waals surface area contributed by atoms with E-state index < -0.39 is 6.10 Å². The van der Waals surface area contributed by atoms with Crippen LogP contribution in [0.3, 0.4) is 0 Å². The lowest BCUT2D eigenvalue weighted by molar-refractivity contribution is 0.0905. The molecule has 1 amide bonds. The molecule has 110 valence electrons. The Morgan fingerprint density at radius 2 is 2.10 bits per heavy atom. The van der Waals surface area contributed by atoms with Crippen molar-refractivity contribution in [2.75, 3.05) is 0 Å². The molecule has 3 rings (SSSR count). The summed E-state index contributed by atoms with van der Waals surface area (Å²) in [6.07, 6.45) is 1.10. The molecule has 1 saturated carbocycles. The Morgan fingerprint density at radius 1 is 1.43 bits per heavy atom. The minimum atomic E-state index is -0.859. The summed E-state index contributed by atoms with van der Waals surface area (Å²) in [7, 11) is 0. The average molecular weight is 307 g/mol. The van der Waals surface area contributed by atoms with E-state index in [9.17, 15) is 9.90 Å². The van der Waals surface area contributed by atoms with E-state index in [1.807, 2.05) is 0 Å². The molecule has 1 atom stereocenters. The number of hydrogen-bond acceptors (Lipinski definition) is 4. The molecule has 6 heteroatoms. The van der Waals surface area contributed by atoms with Crippen molar-refractivity contribution in [2.45, 2.75) is 31.9 Å². The molecular weight excluding hydrogens is 292 g/mol. The third-order valence-electron chi connectivity index (χ3n) is 3.38. The lowest BCUT2D eigenvalue weighted by Gasteiger charge is -2.07. The van der Waals surface area contributed by atoms with Crippen molar-refractivity contribution in [3.8, 4) is 11.3 Å². The minimum absolute atomic E-state index is 0.0712. The first kappa shape index (κ1) is 14.1. The van der Waals surface area contributed by atoms with Crippen LogP contribution in [-0.2, 0) is 0 Å². The van der Waals surface area contributed by atoms with Crippen molar-refractivity contribution < 1.29 is 14.4 Å². The van der Waals surface area contributed by atoms with Crippen molar-refractivity contribution in [3.05, 3.63) is 40.6 Å². The molecule has 1 aromatic heterocycles. The summed E-state index contributed by atoms with van der Waals surface area (Å²) in [4.78, 5) is 12.1. The van der Waals surface area contributed by atoms with Crippen molar-refractivity contribution in [3.63, 3.8) is 0 Å². The molecule has 0 radical (unpaired) electrons. The summed E-state index contributed by atoms with van der Waals surface area (Å²) < 4.78 is 5.18. The number of carbonyl (C=O) groups excluding carboxylic acids is 1. The number of nitrogens with one attached hydrogen (secondary N) is 1. The zero-order valence-corrected chi connectivity index (χ0v) is 12.2. The van der Waals surface area contributed by atoms with Crippen molar-refractivity contribution in [1.29, 1.82) is 0 Å². The largest absolute Gasteiger partial charge is 0.388 e. The van der Waals surface area contributed by atoms with E-state index in [0.29, 0.717) is 16.3 Å². The molecule has 0 saturated heterocycles. The monoisotopic (exact) mass is 306 g/mol. The van der Waals surface area contributed by atoms with Crippen LogP contribution >= 0.6 is 11.6 Å². The quantitative estimate of drug-likeness (QED) is 0.910. The third-order valence-corrected chi connectivity index (χ3v) is 3.63. The number of hydrogen-bond donors (Lipinski definition) is 2. The summed E-state index contributed by atoms with van der Waals surface area (Å²) in [6.45, 7) is 1.58. The van der Waals surface area contributed by atoms with E-state index in [-0.39, 0.29) is 17.7 Å². The van der Waals surface area contributed by atoms with Gasteiger partial charge in [0, 0.05) is 16.6 Å². The van der Waals surface area contributed by atoms with Gasteiger partial charge in [0.1, 0.15) is 5.69 Å². The Hall–Kier alpha value is -1.85. The van der Waals surface area contributed by atoms with Crippen LogP contribution in [0.4, 0.5) is 0 Å². The second-order valence-electron chi connectivity index (χ2n) is 5.20. The van der Waals surface area contributed by atoms with Crippen LogP contribution in [0.2, 0.25) is 5.02 Å². The van der Waals surface area contributed by atoms with E-state index in [2.05, 4.69) is 10.5 Å². The smallest absolute Gasteiger partial charge is 0.290 e. The highest BCUT2D eigenvalue weighted by molar-refractivity contribution is 6.30. The number of aromatic nitrogens is 1. The van der Waals surface area contributed by atoms with Crippen LogP contribution in [-0.4, -0.2) is 22.2 Å². The van der Waals surface area contributed by atoms with Gasteiger partial charge in [-0.3, -0.25) is 4.79 Å². The fourth-order valence-electron chi connectivity index (χ4n) is 2.14. The van der Waals surface area contributed by atoms with E-state index >= 15 is 0 Å². The summed E-state index contributed by atoms with van der Waals surface area (Å²) in [5, 5.41) is 17.4. The van der Waals surface area contributed by atoms with Gasteiger partial charge in [-0.1, -0.05) is 28.9 Å². The second-order valence-corrected chi connectivity index (χ2v) is 5.64. The highest BCUT2D eigenvalue weighted by Gasteiger charge is 2.30. The lowest BCUT2D eigenvalue weighted by Crippen LogP contribution is -2.26. The van der Waals surface area contributed by atoms with Crippen LogP contribution in [0.1, 0.15) is 42.0 Å². The molecular formula is C15H15ClN2O3. The van der Waals surface area contributed by atoms with Gasteiger partial charge in [-0.15, -0.1) is 0 Å². The van der Waals surface area contributed by atoms with Gasteiger partial charge in [0.25, 0.3) is 5.91 Å². The van der Waals surface area contributed by atoms with Crippen molar-refractivity contribution >= 4 is 17.5 Å². The number of rotatable bonds is 4. The van der Waals surface area contributed by atoms with E-state index in [1.165, 1.54) is 0 Å². The highest BCUT2D eigenvalue weighted by Crippen LogP contribution is 2.31. The lowest BCUT2D eigenvalue weighted by atomic mass is 10.0. The van der Waals surface area contributed by atoms with Gasteiger partial charge in [0.05, 0.1) is 11.7 Å². The van der Waals surface area contributed by atoms with Gasteiger partial charge in [0.15, 0.2) is 0 Å². The molecule has 0 bridgehead atoms. The Morgan fingerprint density at radius 3 is 2.67 bits per heavy atom. The molecule has 0 unspecified atom stereocenters. The van der Waals surface area contributed by atoms with Gasteiger partial charge in [0.2, 0.25) is 5.76 Å². The summed E-state index contributed by atoms with van der Waals surface area (Å²) in [5.41, 5.74) is 1.60. The van der Waals surface area contributed by atoms with Crippen LogP contribution in [0.15, 0.2) is 28.8 Å². The number of nitrogens with zero attached hydrogens (tertiary/aromatic N) is 1. The van der Waals surface area contributed by atoms with Gasteiger partial charge < -0.3 is 14.9 Å². The molecule has 1 aliphatic rings. The first-order valence-electron chi connectivity index (χ1n) is 6.80. The number of halogens is 1. The Kier molecular flexibility index (Phi) is 3.69. The Labute approximate surface area is 126 Å². The third kappa shape index (κ3) is 2.94. The van der Waals surface area contributed by atoms with E-state index in [4.69, 9.17) is 16.1 Å². The molecule has 0 spiro atoms. The molecule has 1 fully saturated rings. The number of benzene rings is 1. The molecule has 0 aliphatic heterocycles. The number of carbonyl (C=O) groups is 1. The summed E-state index contributed by atoms with van der Waals surface area (Å²) in [6, 6.07) is 7.20. The van der Waals surface area contributed by atoms with Crippen molar-refractivity contribution in [2.24, 2.45) is 0 Å². The summed E-state index contributed by atoms with van der Waals surface area (Å²) in [5.74, 6) is -0.261. The van der Waals surface area contributed by atoms with E-state index in [0.717, 1.165) is 18.4 Å². The first-order valence-corrected chi connectivity index (χ1v) is 7.18. The fourth-order valence-corrected chi connectivity index (χ4v) is 2.27. The zero-order chi connectivity index (χ0) is 15.0. The molecule has 1 aliphatic carbocycles. The fraction of sp³-hybridized carbons (Fsp3) is 0.333.